The lowest BCUT2D eigenvalue weighted by Crippen LogP contribution is -2.35. The molecule has 2 aromatic carbocycles. The Morgan fingerprint density at radius 1 is 1.09 bits per heavy atom. The molecular formula is C23H25ClN2O6S. The molecule has 1 N–H and O–H groups in total. The summed E-state index contributed by atoms with van der Waals surface area (Å²) in [7, 11) is -2.28. The molecule has 0 spiro atoms. The fourth-order valence-electron chi connectivity index (χ4n) is 3.31. The zero-order valence-corrected chi connectivity index (χ0v) is 19.7. The summed E-state index contributed by atoms with van der Waals surface area (Å²) in [6, 6.07) is 11.1. The zero-order valence-electron chi connectivity index (χ0n) is 18.1. The molecule has 2 aromatic rings. The number of anilines is 1. The van der Waals surface area contributed by atoms with E-state index in [0.29, 0.717) is 18.1 Å². The van der Waals surface area contributed by atoms with Crippen molar-refractivity contribution in [3.05, 3.63) is 59.1 Å². The highest BCUT2D eigenvalue weighted by Crippen LogP contribution is 2.30. The Hall–Kier alpha value is -2.88. The normalized spacial score (nSPS) is 14.7. The molecule has 1 fully saturated rings. The average molecular weight is 493 g/mol. The third-order valence-corrected chi connectivity index (χ3v) is 7.17. The first-order chi connectivity index (χ1) is 15.8. The van der Waals surface area contributed by atoms with Crippen LogP contribution in [-0.4, -0.2) is 51.4 Å². The van der Waals surface area contributed by atoms with Crippen molar-refractivity contribution in [3.63, 3.8) is 0 Å². The molecule has 0 radical (unpaired) electrons. The molecule has 0 saturated carbocycles. The number of nitrogens with one attached hydrogen (secondary N) is 1. The van der Waals surface area contributed by atoms with Crippen molar-refractivity contribution in [2.45, 2.75) is 24.2 Å². The Labute approximate surface area is 198 Å². The van der Waals surface area contributed by atoms with Gasteiger partial charge in [0.2, 0.25) is 10.0 Å². The number of carbonyl (C=O) groups excluding carboxylic acids is 2. The molecule has 3 rings (SSSR count). The quantitative estimate of drug-likeness (QED) is 0.445. The van der Waals surface area contributed by atoms with Crippen LogP contribution in [-0.2, 0) is 24.3 Å². The van der Waals surface area contributed by atoms with Gasteiger partial charge >= 0.3 is 5.97 Å². The van der Waals surface area contributed by atoms with Crippen molar-refractivity contribution in [1.29, 1.82) is 0 Å². The second-order valence-electron chi connectivity index (χ2n) is 7.37. The van der Waals surface area contributed by atoms with Crippen molar-refractivity contribution < 1.29 is 27.5 Å². The molecule has 0 unspecified atom stereocenters. The van der Waals surface area contributed by atoms with Gasteiger partial charge in [-0.15, -0.1) is 0 Å². The number of nitrogens with zero attached hydrogens (tertiary/aromatic N) is 1. The fourth-order valence-corrected chi connectivity index (χ4v) is 4.98. The van der Waals surface area contributed by atoms with Gasteiger partial charge < -0.3 is 14.8 Å². The number of rotatable bonds is 8. The average Bonchev–Trinajstić information content (AvgIpc) is 2.83. The number of sulfonamides is 1. The minimum absolute atomic E-state index is 0.0587. The number of esters is 1. The molecule has 8 nitrogen and oxygen atoms in total. The molecule has 0 bridgehead atoms. The summed E-state index contributed by atoms with van der Waals surface area (Å²) in [5.41, 5.74) is 0.922. The van der Waals surface area contributed by atoms with Gasteiger partial charge in [0.15, 0.2) is 6.61 Å². The van der Waals surface area contributed by atoms with Crippen LogP contribution in [0.15, 0.2) is 53.4 Å². The van der Waals surface area contributed by atoms with E-state index in [0.717, 1.165) is 24.8 Å². The van der Waals surface area contributed by atoms with Gasteiger partial charge in [0, 0.05) is 24.2 Å². The second-order valence-corrected chi connectivity index (χ2v) is 9.74. The first kappa shape index (κ1) is 24.8. The third-order valence-electron chi connectivity index (χ3n) is 5.03. The topological polar surface area (TPSA) is 102 Å². The van der Waals surface area contributed by atoms with Crippen molar-refractivity contribution in [3.8, 4) is 5.75 Å². The predicted molar refractivity (Wildman–Crippen MR) is 126 cm³/mol. The van der Waals surface area contributed by atoms with E-state index in [1.807, 2.05) is 0 Å². The zero-order chi connectivity index (χ0) is 23.8. The minimum Gasteiger partial charge on any atom is -0.495 e. The Bertz CT molecular complexity index is 1130. The number of hydrogen-bond acceptors (Lipinski definition) is 6. The molecule has 0 aromatic heterocycles. The Kier molecular flexibility index (Phi) is 8.49. The number of piperidine rings is 1. The summed E-state index contributed by atoms with van der Waals surface area (Å²) < 4.78 is 37.5. The molecule has 1 aliphatic rings. The summed E-state index contributed by atoms with van der Waals surface area (Å²) in [5, 5.41) is 3.13. The molecular weight excluding hydrogens is 468 g/mol. The lowest BCUT2D eigenvalue weighted by atomic mass is 10.2. The predicted octanol–water partition coefficient (Wildman–Crippen LogP) is 3.72. The Morgan fingerprint density at radius 2 is 1.79 bits per heavy atom. The highest BCUT2D eigenvalue weighted by atomic mass is 35.5. The van der Waals surface area contributed by atoms with Crippen LogP contribution in [0, 0.1) is 0 Å². The van der Waals surface area contributed by atoms with Gasteiger partial charge in [-0.3, -0.25) is 4.79 Å². The van der Waals surface area contributed by atoms with Crippen LogP contribution in [0.5, 0.6) is 5.75 Å². The van der Waals surface area contributed by atoms with Gasteiger partial charge in [0.05, 0.1) is 17.7 Å². The van der Waals surface area contributed by atoms with Crippen LogP contribution >= 0.6 is 11.6 Å². The number of hydrogen-bond donors (Lipinski definition) is 1. The first-order valence-electron chi connectivity index (χ1n) is 10.4. The SMILES string of the molecule is COc1ccc(S(=O)(=O)N2CCCCC2)cc1NC(=O)COC(=O)/C=C/c1ccc(Cl)cc1. The summed E-state index contributed by atoms with van der Waals surface area (Å²) in [6.07, 6.45) is 5.37. The van der Waals surface area contributed by atoms with Gasteiger partial charge in [0.25, 0.3) is 5.91 Å². The van der Waals surface area contributed by atoms with E-state index < -0.39 is 28.5 Å². The molecule has 10 heteroatoms. The van der Waals surface area contributed by atoms with Crippen LogP contribution in [0.25, 0.3) is 6.08 Å². The van der Waals surface area contributed by atoms with E-state index in [1.165, 1.54) is 41.8 Å². The highest BCUT2D eigenvalue weighted by Gasteiger charge is 2.27. The lowest BCUT2D eigenvalue weighted by Gasteiger charge is -2.26. The van der Waals surface area contributed by atoms with Crippen molar-refractivity contribution >= 4 is 45.3 Å². The molecule has 33 heavy (non-hydrogen) atoms. The van der Waals surface area contributed by atoms with Crippen LogP contribution in [0.3, 0.4) is 0 Å². The molecule has 176 valence electrons. The monoisotopic (exact) mass is 492 g/mol. The number of benzene rings is 2. The lowest BCUT2D eigenvalue weighted by molar-refractivity contribution is -0.142. The number of ether oxygens (including phenoxy) is 2. The first-order valence-corrected chi connectivity index (χ1v) is 12.2. The van der Waals surface area contributed by atoms with E-state index in [9.17, 15) is 18.0 Å². The maximum atomic E-state index is 12.9. The van der Waals surface area contributed by atoms with E-state index in [1.54, 1.807) is 24.3 Å². The van der Waals surface area contributed by atoms with Gasteiger partial charge in [-0.1, -0.05) is 30.2 Å². The maximum Gasteiger partial charge on any atom is 0.331 e. The summed E-state index contributed by atoms with van der Waals surface area (Å²) in [5.74, 6) is -1.04. The van der Waals surface area contributed by atoms with Crippen LogP contribution in [0.4, 0.5) is 5.69 Å². The van der Waals surface area contributed by atoms with Crippen molar-refractivity contribution in [2.24, 2.45) is 0 Å². The Morgan fingerprint density at radius 3 is 2.45 bits per heavy atom. The summed E-state index contributed by atoms with van der Waals surface area (Å²) in [4.78, 5) is 24.3. The maximum absolute atomic E-state index is 12.9. The summed E-state index contributed by atoms with van der Waals surface area (Å²) in [6.45, 7) is 0.390. The molecule has 1 amide bonds. The second kappa shape index (κ2) is 11.3. The smallest absolute Gasteiger partial charge is 0.331 e. The van der Waals surface area contributed by atoms with Gasteiger partial charge in [-0.05, 0) is 54.8 Å². The minimum atomic E-state index is -3.68. The summed E-state index contributed by atoms with van der Waals surface area (Å²) >= 11 is 5.82. The highest BCUT2D eigenvalue weighted by molar-refractivity contribution is 7.89. The third kappa shape index (κ3) is 6.80. The number of methoxy groups -OCH3 is 1. The van der Waals surface area contributed by atoms with E-state index in [4.69, 9.17) is 21.1 Å². The van der Waals surface area contributed by atoms with Crippen molar-refractivity contribution in [1.82, 2.24) is 4.31 Å². The molecule has 0 aliphatic carbocycles. The largest absolute Gasteiger partial charge is 0.495 e. The molecule has 1 heterocycles. The van der Waals surface area contributed by atoms with Crippen molar-refractivity contribution in [2.75, 3.05) is 32.1 Å². The van der Waals surface area contributed by atoms with Gasteiger partial charge in [-0.25, -0.2) is 13.2 Å². The number of halogens is 1. The van der Waals surface area contributed by atoms with E-state index in [-0.39, 0.29) is 16.3 Å². The fraction of sp³-hybridized carbons (Fsp3) is 0.304. The standard InChI is InChI=1S/C23H25ClN2O6S/c1-31-21-11-10-19(33(29,30)26-13-3-2-4-14-26)15-20(21)25-22(27)16-32-23(28)12-7-17-5-8-18(24)9-6-17/h5-12,15H,2-4,13-14,16H2,1H3,(H,25,27)/b12-7+. The van der Waals surface area contributed by atoms with Crippen LogP contribution in [0.2, 0.25) is 5.02 Å². The Balaban J connectivity index is 1.62. The number of carbonyl (C=O) groups is 2. The molecule has 1 saturated heterocycles. The van der Waals surface area contributed by atoms with Gasteiger partial charge in [-0.2, -0.15) is 4.31 Å². The molecule has 0 atom stereocenters. The van der Waals surface area contributed by atoms with E-state index >= 15 is 0 Å². The van der Waals surface area contributed by atoms with Gasteiger partial charge in [0.1, 0.15) is 5.75 Å². The van der Waals surface area contributed by atoms with E-state index in [2.05, 4.69) is 5.32 Å². The molecule has 1 aliphatic heterocycles. The van der Waals surface area contributed by atoms with Crippen LogP contribution < -0.4 is 10.1 Å². The number of amides is 1. The van der Waals surface area contributed by atoms with Crippen LogP contribution in [0.1, 0.15) is 24.8 Å².